The molecule has 2 amide bonds. The van der Waals surface area contributed by atoms with Crippen LogP contribution in [0.1, 0.15) is 11.5 Å². The smallest absolute Gasteiger partial charge is 0.352 e. The number of carboxylic acids is 1. The minimum atomic E-state index is -1.35. The lowest BCUT2D eigenvalue weighted by molar-refractivity contribution is -0.150. The molecule has 1 fully saturated rings. The number of nitrogens with two attached hydrogens (primary N) is 1. The van der Waals surface area contributed by atoms with Crippen LogP contribution in [0.15, 0.2) is 31.1 Å². The Hall–Kier alpha value is -3.30. The lowest BCUT2D eigenvalue weighted by atomic mass is 10.0. The molecule has 0 bridgehead atoms. The van der Waals surface area contributed by atoms with Crippen molar-refractivity contribution >= 4 is 63.3 Å². The molecular weight excluding hydrogens is 512 g/mol. The molecule has 2 aromatic rings. The number of carboxylic acid groups (broad SMARTS) is 1. The Morgan fingerprint density at radius 1 is 1.47 bits per heavy atom. The number of rotatable bonds is 7. The summed E-state index contributed by atoms with van der Waals surface area (Å²) in [6, 6.07) is -1.01. The number of thiazole rings is 1. The number of nitrogens with one attached hydrogen (secondary N) is 1. The van der Waals surface area contributed by atoms with Gasteiger partial charge in [0.15, 0.2) is 16.6 Å². The molecule has 13 nitrogen and oxygen atoms in total. The van der Waals surface area contributed by atoms with Gasteiger partial charge in [-0.25, -0.2) is 9.78 Å². The number of hydrogen-bond acceptors (Lipinski definition) is 11. The number of amides is 2. The normalized spacial score (nSPS) is 20.1. The Morgan fingerprint density at radius 2 is 2.21 bits per heavy atom. The quantitative estimate of drug-likeness (QED) is 0.255. The Morgan fingerprint density at radius 3 is 2.76 bits per heavy atom. The van der Waals surface area contributed by atoms with Crippen LogP contribution in [-0.4, -0.2) is 67.5 Å². The van der Waals surface area contributed by atoms with Crippen molar-refractivity contribution in [2.45, 2.75) is 24.9 Å². The molecule has 2 aliphatic rings. The van der Waals surface area contributed by atoms with E-state index in [9.17, 15) is 24.3 Å². The number of anilines is 1. The monoisotopic (exact) mass is 528 g/mol. The number of aromatic nitrogens is 2. The topological polar surface area (TPSA) is 182 Å². The predicted molar refractivity (Wildman–Crippen MR) is 122 cm³/mol. The molecule has 180 valence electrons. The number of thioether (sulfide) groups is 1. The standard InChI is InChI=1S/C18H17ClN6O7S2/c1-6-9(19)14(27)24(32-6)3-7-4-33-16-11(15(28)25(16)12(7)17(29)30)22-13(26)10(23-31-2)8-5-34-18(20)21-8/h5,11,16H,3-4H2,1-2H3,(H2,20,21)(H,22,26)(H,29,30)/b23-10-/t11?,16-/m1/s1. The van der Waals surface area contributed by atoms with E-state index in [-0.39, 0.29) is 45.3 Å². The number of fused-ring (bicyclic) bond motifs is 1. The zero-order chi connectivity index (χ0) is 24.7. The zero-order valence-electron chi connectivity index (χ0n) is 17.6. The van der Waals surface area contributed by atoms with Gasteiger partial charge in [-0.1, -0.05) is 16.8 Å². The lowest BCUT2D eigenvalue weighted by Gasteiger charge is -2.49. The second-order valence-electron chi connectivity index (χ2n) is 7.11. The van der Waals surface area contributed by atoms with Crippen molar-refractivity contribution in [3.05, 3.63) is 43.5 Å². The first-order valence-electron chi connectivity index (χ1n) is 9.53. The van der Waals surface area contributed by atoms with E-state index in [0.29, 0.717) is 5.57 Å². The van der Waals surface area contributed by atoms with Crippen molar-refractivity contribution in [1.29, 1.82) is 0 Å². The van der Waals surface area contributed by atoms with Gasteiger partial charge in [0.05, 0.1) is 6.54 Å². The van der Waals surface area contributed by atoms with E-state index in [1.807, 2.05) is 0 Å². The molecule has 2 aliphatic heterocycles. The van der Waals surface area contributed by atoms with Gasteiger partial charge in [0, 0.05) is 11.1 Å². The molecule has 0 spiro atoms. The summed E-state index contributed by atoms with van der Waals surface area (Å²) in [7, 11) is 1.25. The average molecular weight is 529 g/mol. The van der Waals surface area contributed by atoms with Crippen molar-refractivity contribution in [2.24, 2.45) is 5.16 Å². The summed E-state index contributed by atoms with van der Waals surface area (Å²) < 4.78 is 6.22. The maximum atomic E-state index is 12.9. The maximum Gasteiger partial charge on any atom is 0.352 e. The van der Waals surface area contributed by atoms with Crippen molar-refractivity contribution in [3.8, 4) is 0 Å². The Balaban J connectivity index is 1.56. The van der Waals surface area contributed by atoms with Crippen LogP contribution in [0.5, 0.6) is 0 Å². The third-order valence-electron chi connectivity index (χ3n) is 5.00. The number of halogens is 1. The number of aryl methyl sites for hydroxylation is 1. The van der Waals surface area contributed by atoms with Crippen LogP contribution in [0.3, 0.4) is 0 Å². The summed E-state index contributed by atoms with van der Waals surface area (Å²) in [5.41, 5.74) is 5.03. The molecule has 16 heteroatoms. The van der Waals surface area contributed by atoms with Gasteiger partial charge in [-0.3, -0.25) is 19.3 Å². The summed E-state index contributed by atoms with van der Waals surface area (Å²) in [5, 5.41) is 17.0. The molecular formula is C18H17ClN6O7S2. The summed E-state index contributed by atoms with van der Waals surface area (Å²) >= 11 is 8.20. The first-order chi connectivity index (χ1) is 16.1. The number of carbonyl (C=O) groups excluding carboxylic acids is 2. The van der Waals surface area contributed by atoms with Crippen LogP contribution in [0, 0.1) is 6.92 Å². The van der Waals surface area contributed by atoms with Crippen molar-refractivity contribution in [1.82, 2.24) is 19.9 Å². The fourth-order valence-corrected chi connectivity index (χ4v) is 5.50. The van der Waals surface area contributed by atoms with Gasteiger partial charge < -0.3 is 25.5 Å². The highest BCUT2D eigenvalue weighted by Crippen LogP contribution is 2.40. The summed E-state index contributed by atoms with van der Waals surface area (Å²) in [4.78, 5) is 59.6. The molecule has 2 aromatic heterocycles. The van der Waals surface area contributed by atoms with E-state index in [2.05, 4.69) is 15.5 Å². The summed E-state index contributed by atoms with van der Waals surface area (Å²) in [5.74, 6) is -2.33. The van der Waals surface area contributed by atoms with E-state index in [4.69, 9.17) is 26.7 Å². The molecule has 0 radical (unpaired) electrons. The Labute approximate surface area is 204 Å². The zero-order valence-corrected chi connectivity index (χ0v) is 20.0. The largest absolute Gasteiger partial charge is 0.477 e. The molecule has 4 heterocycles. The van der Waals surface area contributed by atoms with Gasteiger partial charge in [0.2, 0.25) is 0 Å². The molecule has 0 aliphatic carbocycles. The molecule has 2 atom stereocenters. The molecule has 0 saturated carbocycles. The van der Waals surface area contributed by atoms with Crippen molar-refractivity contribution < 1.29 is 28.9 Å². The molecule has 34 heavy (non-hydrogen) atoms. The summed E-state index contributed by atoms with van der Waals surface area (Å²) in [6.45, 7) is 1.32. The van der Waals surface area contributed by atoms with Crippen LogP contribution in [-0.2, 0) is 25.8 Å². The van der Waals surface area contributed by atoms with Gasteiger partial charge >= 0.3 is 11.5 Å². The van der Waals surface area contributed by atoms with Crippen LogP contribution < -0.4 is 16.6 Å². The fraction of sp³-hybridized carbons (Fsp3) is 0.333. The highest BCUT2D eigenvalue weighted by atomic mass is 35.5. The van der Waals surface area contributed by atoms with Gasteiger partial charge in [0.25, 0.3) is 11.8 Å². The molecule has 0 aromatic carbocycles. The Bertz CT molecular complexity index is 1310. The number of nitrogens with zero attached hydrogens (tertiary/aromatic N) is 4. The van der Waals surface area contributed by atoms with Gasteiger partial charge in [-0.15, -0.1) is 23.1 Å². The lowest BCUT2D eigenvalue weighted by Crippen LogP contribution is -2.71. The highest BCUT2D eigenvalue weighted by Gasteiger charge is 2.54. The fourth-order valence-electron chi connectivity index (χ4n) is 3.49. The van der Waals surface area contributed by atoms with Crippen LogP contribution in [0.25, 0.3) is 0 Å². The third kappa shape index (κ3) is 4.05. The molecule has 4 rings (SSSR count). The van der Waals surface area contributed by atoms with Crippen molar-refractivity contribution in [2.75, 3.05) is 18.6 Å². The van der Waals surface area contributed by atoms with Gasteiger partial charge in [-0.05, 0) is 12.5 Å². The Kier molecular flexibility index (Phi) is 6.42. The minimum Gasteiger partial charge on any atom is -0.477 e. The molecule has 4 N–H and O–H groups in total. The van der Waals surface area contributed by atoms with Gasteiger partial charge in [-0.2, -0.15) is 4.74 Å². The number of oxime groups is 1. The average Bonchev–Trinajstić information content (AvgIpc) is 3.33. The van der Waals surface area contributed by atoms with E-state index in [1.54, 1.807) is 0 Å². The van der Waals surface area contributed by atoms with Gasteiger partial charge in [0.1, 0.15) is 34.9 Å². The number of carbonyl (C=O) groups is 3. The highest BCUT2D eigenvalue weighted by molar-refractivity contribution is 8.00. The maximum absolute atomic E-state index is 12.9. The molecule has 1 saturated heterocycles. The predicted octanol–water partition coefficient (Wildman–Crippen LogP) is 0.231. The first kappa shape index (κ1) is 23.8. The van der Waals surface area contributed by atoms with E-state index < -0.39 is 34.8 Å². The van der Waals surface area contributed by atoms with E-state index in [1.165, 1.54) is 31.2 Å². The minimum absolute atomic E-state index is 0.1000. The number of nitrogen functional groups attached to an aromatic ring is 1. The van der Waals surface area contributed by atoms with Crippen LogP contribution >= 0.6 is 34.7 Å². The first-order valence-corrected chi connectivity index (χ1v) is 11.8. The van der Waals surface area contributed by atoms with Crippen LogP contribution in [0.4, 0.5) is 5.13 Å². The van der Waals surface area contributed by atoms with Crippen LogP contribution in [0.2, 0.25) is 5.02 Å². The SMILES string of the molecule is CO/N=C(\C(=O)NC1C(=O)N2C(C(=O)O)=C(Cn3oc(C)c(Cl)c3=O)CS[C@H]12)c1csc(N)n1. The number of β-lactam (4-membered cyclic amide) rings is 1. The van der Waals surface area contributed by atoms with Crippen molar-refractivity contribution in [3.63, 3.8) is 0 Å². The van der Waals surface area contributed by atoms with E-state index in [0.717, 1.165) is 21.0 Å². The molecule has 1 unspecified atom stereocenters. The number of hydrogen-bond donors (Lipinski definition) is 3. The second kappa shape index (κ2) is 9.15. The van der Waals surface area contributed by atoms with E-state index >= 15 is 0 Å². The third-order valence-corrected chi connectivity index (χ3v) is 7.44. The second-order valence-corrected chi connectivity index (χ2v) is 9.49. The number of aliphatic carboxylic acids is 1. The summed E-state index contributed by atoms with van der Waals surface area (Å²) in [6.07, 6.45) is 0.